The molecule has 4 aromatic carbocycles. The number of likely N-dealkylation sites (tertiary alicyclic amines) is 1. The van der Waals surface area contributed by atoms with E-state index in [4.69, 9.17) is 4.74 Å². The number of sulfonamides is 1. The molecule has 7 rings (SSSR count). The number of rotatable bonds is 7. The van der Waals surface area contributed by atoms with Crippen LogP contribution in [0.25, 0.3) is 10.8 Å². The zero-order valence-electron chi connectivity index (χ0n) is 24.7. The number of hydrogen-bond donors (Lipinski definition) is 0. The van der Waals surface area contributed by atoms with Crippen molar-refractivity contribution in [2.24, 2.45) is 17.8 Å². The van der Waals surface area contributed by atoms with Gasteiger partial charge < -0.3 is 4.74 Å². The number of imide groups is 1. The highest BCUT2D eigenvalue weighted by Crippen LogP contribution is 2.56. The summed E-state index contributed by atoms with van der Waals surface area (Å²) in [6.45, 7) is 4.44. The van der Waals surface area contributed by atoms with Crippen molar-refractivity contribution in [1.82, 2.24) is 9.21 Å². The van der Waals surface area contributed by atoms with Crippen LogP contribution in [0.1, 0.15) is 36.1 Å². The number of ether oxygens (including phenoxy) is 1. The van der Waals surface area contributed by atoms with Crippen LogP contribution >= 0.6 is 0 Å². The molecular formula is C36H34N2O5S. The third-order valence-corrected chi connectivity index (χ3v) is 11.2. The quantitative estimate of drug-likeness (QED) is 0.241. The van der Waals surface area contributed by atoms with Crippen molar-refractivity contribution in [2.45, 2.75) is 37.8 Å². The monoisotopic (exact) mass is 606 g/mol. The topological polar surface area (TPSA) is 84.0 Å². The van der Waals surface area contributed by atoms with Gasteiger partial charge in [0.1, 0.15) is 0 Å². The predicted molar refractivity (Wildman–Crippen MR) is 167 cm³/mol. The number of fused-ring (bicyclic) bond motifs is 4. The highest BCUT2D eigenvalue weighted by Gasteiger charge is 2.60. The van der Waals surface area contributed by atoms with Crippen molar-refractivity contribution in [2.75, 3.05) is 13.2 Å². The number of allylic oxidation sites excluding steroid dienone is 1. The average Bonchev–Trinajstić information content (AvgIpc) is 3.54. The Morgan fingerprint density at radius 2 is 1.52 bits per heavy atom. The molecule has 224 valence electrons. The minimum atomic E-state index is -4.01. The van der Waals surface area contributed by atoms with E-state index in [0.717, 1.165) is 33.0 Å². The van der Waals surface area contributed by atoms with E-state index in [2.05, 4.69) is 0 Å². The van der Waals surface area contributed by atoms with Gasteiger partial charge in [-0.05, 0) is 53.5 Å². The number of nitrogens with zero attached hydrogens (tertiary/aromatic N) is 2. The van der Waals surface area contributed by atoms with Gasteiger partial charge in [-0.25, -0.2) is 8.42 Å². The second-order valence-electron chi connectivity index (χ2n) is 11.9. The zero-order valence-corrected chi connectivity index (χ0v) is 25.5. The fraction of sp³-hybridized carbons (Fsp3) is 0.278. The highest BCUT2D eigenvalue weighted by molar-refractivity contribution is 7.89. The van der Waals surface area contributed by atoms with Crippen LogP contribution in [0.4, 0.5) is 0 Å². The van der Waals surface area contributed by atoms with Gasteiger partial charge in [0.25, 0.3) is 0 Å². The van der Waals surface area contributed by atoms with Gasteiger partial charge in [-0.15, -0.1) is 0 Å². The van der Waals surface area contributed by atoms with Gasteiger partial charge in [-0.1, -0.05) is 90.5 Å². The number of carbonyl (C=O) groups is 2. The Labute approximate surface area is 257 Å². The molecule has 0 unspecified atom stereocenters. The molecule has 4 aromatic rings. The summed E-state index contributed by atoms with van der Waals surface area (Å²) >= 11 is 0. The van der Waals surface area contributed by atoms with Crippen molar-refractivity contribution in [3.63, 3.8) is 0 Å². The van der Waals surface area contributed by atoms with Gasteiger partial charge >= 0.3 is 0 Å². The maximum absolute atomic E-state index is 14.5. The first-order valence-electron chi connectivity index (χ1n) is 15.1. The third kappa shape index (κ3) is 4.55. The first-order valence-corrected chi connectivity index (χ1v) is 16.5. The van der Waals surface area contributed by atoms with E-state index in [0.29, 0.717) is 12.4 Å². The van der Waals surface area contributed by atoms with Gasteiger partial charge in [0, 0.05) is 18.9 Å². The van der Waals surface area contributed by atoms with E-state index in [1.165, 1.54) is 4.90 Å². The lowest BCUT2D eigenvalue weighted by Crippen LogP contribution is -2.35. The predicted octanol–water partition coefficient (Wildman–Crippen LogP) is 6.01. The summed E-state index contributed by atoms with van der Waals surface area (Å²) in [5.41, 5.74) is 3.46. The van der Waals surface area contributed by atoms with Crippen LogP contribution in [0.5, 0.6) is 0 Å². The van der Waals surface area contributed by atoms with Crippen LogP contribution < -0.4 is 0 Å². The van der Waals surface area contributed by atoms with E-state index >= 15 is 0 Å². The molecule has 0 N–H and O–H groups in total. The summed E-state index contributed by atoms with van der Waals surface area (Å²) in [7, 11) is -4.01. The van der Waals surface area contributed by atoms with Crippen molar-refractivity contribution >= 4 is 32.6 Å². The smallest absolute Gasteiger partial charge is 0.243 e. The molecule has 1 aliphatic carbocycles. The average molecular weight is 607 g/mol. The summed E-state index contributed by atoms with van der Waals surface area (Å²) in [6.07, 6.45) is 0.264. The Balaban J connectivity index is 1.40. The summed E-state index contributed by atoms with van der Waals surface area (Å²) < 4.78 is 36.8. The molecule has 2 heterocycles. The Hall–Kier alpha value is -4.27. The number of carbonyl (C=O) groups excluding carboxylic acids is 2. The Bertz CT molecular complexity index is 1900. The molecule has 0 radical (unpaired) electrons. The second-order valence-corrected chi connectivity index (χ2v) is 13.8. The number of benzene rings is 4. The Kier molecular flexibility index (Phi) is 7.14. The lowest BCUT2D eigenvalue weighted by atomic mass is 9.71. The van der Waals surface area contributed by atoms with Gasteiger partial charge in [-0.3, -0.25) is 14.5 Å². The normalized spacial score (nSPS) is 23.7. The molecule has 2 fully saturated rings. The third-order valence-electron chi connectivity index (χ3n) is 9.33. The lowest BCUT2D eigenvalue weighted by molar-refractivity contribution is -0.140. The molecule has 3 aliphatic rings. The Morgan fingerprint density at radius 3 is 2.27 bits per heavy atom. The first kappa shape index (κ1) is 28.5. The summed E-state index contributed by atoms with van der Waals surface area (Å²) in [6, 6.07) is 29.5. The van der Waals surface area contributed by atoms with Gasteiger partial charge in [-0.2, -0.15) is 4.31 Å². The SMILES string of the molecule is CCOC1=C2[C@@H](CN(S(=O)(=O)c3ccc(C)cc3)[C@H]2c2cccc3ccccc23)[C@H]2C(=O)N(Cc3ccccc3)C(=O)[C@H]2C1. The van der Waals surface area contributed by atoms with Gasteiger partial charge in [0.2, 0.25) is 21.8 Å². The fourth-order valence-electron chi connectivity index (χ4n) is 7.35. The molecule has 4 atom stereocenters. The molecular weight excluding hydrogens is 572 g/mol. The second kappa shape index (κ2) is 11.0. The van der Waals surface area contributed by atoms with E-state index in [9.17, 15) is 18.0 Å². The molecule has 2 aliphatic heterocycles. The van der Waals surface area contributed by atoms with E-state index in [1.54, 1.807) is 28.6 Å². The molecule has 8 heteroatoms. The minimum Gasteiger partial charge on any atom is -0.498 e. The van der Waals surface area contributed by atoms with Crippen molar-refractivity contribution in [3.8, 4) is 0 Å². The summed E-state index contributed by atoms with van der Waals surface area (Å²) in [4.78, 5) is 29.6. The molecule has 2 saturated heterocycles. The van der Waals surface area contributed by atoms with E-state index in [1.807, 2.05) is 86.6 Å². The maximum Gasteiger partial charge on any atom is 0.243 e. The molecule has 0 aromatic heterocycles. The van der Waals surface area contributed by atoms with Crippen LogP contribution in [0.2, 0.25) is 0 Å². The van der Waals surface area contributed by atoms with Crippen LogP contribution in [0.15, 0.2) is 113 Å². The lowest BCUT2D eigenvalue weighted by Gasteiger charge is -2.32. The first-order chi connectivity index (χ1) is 21.3. The molecule has 2 amide bonds. The van der Waals surface area contributed by atoms with E-state index in [-0.39, 0.29) is 36.2 Å². The molecule has 0 spiro atoms. The highest BCUT2D eigenvalue weighted by atomic mass is 32.2. The van der Waals surface area contributed by atoms with Crippen molar-refractivity contribution in [3.05, 3.63) is 125 Å². The maximum atomic E-state index is 14.5. The summed E-state index contributed by atoms with van der Waals surface area (Å²) in [5, 5.41) is 1.93. The van der Waals surface area contributed by atoms with Gasteiger partial charge in [0.15, 0.2) is 0 Å². The Morgan fingerprint density at radius 1 is 0.818 bits per heavy atom. The molecule has 44 heavy (non-hydrogen) atoms. The molecule has 7 nitrogen and oxygen atoms in total. The fourth-order valence-corrected chi connectivity index (χ4v) is 8.97. The number of amides is 2. The largest absolute Gasteiger partial charge is 0.498 e. The number of aryl methyl sites for hydroxylation is 1. The molecule has 0 bridgehead atoms. The van der Waals surface area contributed by atoms with Crippen LogP contribution in [0.3, 0.4) is 0 Å². The molecule has 0 saturated carbocycles. The van der Waals surface area contributed by atoms with Crippen LogP contribution in [0, 0.1) is 24.7 Å². The van der Waals surface area contributed by atoms with Crippen LogP contribution in [-0.4, -0.2) is 42.6 Å². The van der Waals surface area contributed by atoms with Crippen molar-refractivity contribution < 1.29 is 22.7 Å². The minimum absolute atomic E-state index is 0.0787. The standard InChI is InChI=1S/C36H34N2O5S/c1-3-43-31-20-29-32(36(40)37(35(29)39)21-24-10-5-4-6-11-24)30-22-38(44(41,42)26-18-16-23(2)17-19-26)34(33(30)31)28-15-9-13-25-12-7-8-14-27(25)28/h4-19,29-30,32,34H,3,20-22H2,1-2H3/t29-,30-,32-,34-/m0/s1. The van der Waals surface area contributed by atoms with Crippen molar-refractivity contribution in [1.29, 1.82) is 0 Å². The van der Waals surface area contributed by atoms with Gasteiger partial charge in [0.05, 0.1) is 41.7 Å². The van der Waals surface area contributed by atoms with Crippen LogP contribution in [-0.2, 0) is 30.9 Å². The number of hydrogen-bond acceptors (Lipinski definition) is 5. The van der Waals surface area contributed by atoms with E-state index < -0.39 is 33.8 Å². The summed E-state index contributed by atoms with van der Waals surface area (Å²) in [5.74, 6) is -1.61. The zero-order chi connectivity index (χ0) is 30.6.